The standard InChI is InChI=1S/C21H18Cl2N2O2S/c22-12-7-15-16(9-24(13-5-6-13)10-17(15)18(23)8-12)14-3-1-2-4-19(14)25-20(26)11-28-21(25)27/h1-4,7-8,11,13,16,26H,5-6,9-10H2. The van der Waals surface area contributed by atoms with Crippen molar-refractivity contribution in [1.29, 1.82) is 0 Å². The van der Waals surface area contributed by atoms with Crippen molar-refractivity contribution in [3.63, 3.8) is 0 Å². The molecule has 1 saturated carbocycles. The first-order valence-electron chi connectivity index (χ1n) is 9.23. The van der Waals surface area contributed by atoms with Gasteiger partial charge in [-0.05, 0) is 47.7 Å². The molecule has 1 aliphatic heterocycles. The molecule has 7 heteroatoms. The van der Waals surface area contributed by atoms with Gasteiger partial charge in [0, 0.05) is 35.1 Å². The zero-order valence-corrected chi connectivity index (χ0v) is 17.3. The Hall–Kier alpha value is -1.79. The molecule has 0 bridgehead atoms. The Morgan fingerprint density at radius 1 is 1.11 bits per heavy atom. The van der Waals surface area contributed by atoms with Gasteiger partial charge in [0.2, 0.25) is 5.88 Å². The van der Waals surface area contributed by atoms with Crippen LogP contribution in [0.4, 0.5) is 0 Å². The lowest BCUT2D eigenvalue weighted by molar-refractivity contribution is 0.230. The third-order valence-corrected chi connectivity index (χ3v) is 6.91. The Kier molecular flexibility index (Phi) is 4.51. The van der Waals surface area contributed by atoms with Crippen LogP contribution in [-0.2, 0) is 6.54 Å². The van der Waals surface area contributed by atoms with E-state index in [9.17, 15) is 9.90 Å². The number of benzene rings is 2. The Bertz CT molecular complexity index is 1120. The van der Waals surface area contributed by atoms with Crippen LogP contribution in [0.5, 0.6) is 5.88 Å². The Morgan fingerprint density at radius 2 is 1.89 bits per heavy atom. The van der Waals surface area contributed by atoms with Gasteiger partial charge in [-0.15, -0.1) is 0 Å². The van der Waals surface area contributed by atoms with Crippen LogP contribution in [0.15, 0.2) is 46.6 Å². The molecule has 1 aliphatic carbocycles. The number of hydrogen-bond donors (Lipinski definition) is 1. The first-order chi connectivity index (χ1) is 13.5. The molecule has 0 amide bonds. The van der Waals surface area contributed by atoms with Crippen LogP contribution in [0.3, 0.4) is 0 Å². The summed E-state index contributed by atoms with van der Waals surface area (Å²) in [5.74, 6) is -0.0235. The van der Waals surface area contributed by atoms with Crippen molar-refractivity contribution in [1.82, 2.24) is 9.47 Å². The van der Waals surface area contributed by atoms with E-state index in [1.807, 2.05) is 30.3 Å². The predicted molar refractivity (Wildman–Crippen MR) is 113 cm³/mol. The lowest BCUT2D eigenvalue weighted by atomic mass is 9.83. The molecule has 0 saturated heterocycles. The quantitative estimate of drug-likeness (QED) is 0.631. The summed E-state index contributed by atoms with van der Waals surface area (Å²) in [6.45, 7) is 1.66. The van der Waals surface area contributed by atoms with Crippen molar-refractivity contribution >= 4 is 34.5 Å². The lowest BCUT2D eigenvalue weighted by Gasteiger charge is -2.36. The summed E-state index contributed by atoms with van der Waals surface area (Å²) in [6.07, 6.45) is 2.42. The minimum Gasteiger partial charge on any atom is -0.494 e. The van der Waals surface area contributed by atoms with Crippen molar-refractivity contribution in [2.75, 3.05) is 6.54 Å². The van der Waals surface area contributed by atoms with Crippen molar-refractivity contribution < 1.29 is 5.11 Å². The van der Waals surface area contributed by atoms with E-state index >= 15 is 0 Å². The van der Waals surface area contributed by atoms with Gasteiger partial charge in [-0.3, -0.25) is 9.69 Å². The van der Waals surface area contributed by atoms with Gasteiger partial charge in [0.15, 0.2) is 0 Å². The second kappa shape index (κ2) is 6.92. The first-order valence-corrected chi connectivity index (χ1v) is 10.9. The highest BCUT2D eigenvalue weighted by Crippen LogP contribution is 2.43. The largest absolute Gasteiger partial charge is 0.494 e. The number of aromatic nitrogens is 1. The van der Waals surface area contributed by atoms with Crippen LogP contribution in [0.2, 0.25) is 10.0 Å². The van der Waals surface area contributed by atoms with Crippen LogP contribution in [0.25, 0.3) is 5.69 Å². The molecule has 5 rings (SSSR count). The van der Waals surface area contributed by atoms with E-state index in [0.29, 0.717) is 21.8 Å². The van der Waals surface area contributed by atoms with Gasteiger partial charge in [-0.1, -0.05) is 52.7 Å². The zero-order chi connectivity index (χ0) is 19.4. The summed E-state index contributed by atoms with van der Waals surface area (Å²) < 4.78 is 1.38. The SMILES string of the molecule is O=c1scc(O)n1-c1ccccc1C1CN(C2CC2)Cc2c(Cl)cc(Cl)cc21. The topological polar surface area (TPSA) is 45.5 Å². The van der Waals surface area contributed by atoms with Crippen LogP contribution in [0, 0.1) is 0 Å². The maximum Gasteiger partial charge on any atom is 0.314 e. The normalized spacial score (nSPS) is 19.6. The molecule has 28 heavy (non-hydrogen) atoms. The molecule has 2 aromatic carbocycles. The summed E-state index contributed by atoms with van der Waals surface area (Å²) >= 11 is 13.9. The van der Waals surface area contributed by atoms with E-state index in [1.165, 1.54) is 22.8 Å². The molecule has 1 aromatic heterocycles. The van der Waals surface area contributed by atoms with Crippen LogP contribution < -0.4 is 4.87 Å². The molecule has 3 aromatic rings. The Labute approximate surface area is 176 Å². The number of nitrogens with zero attached hydrogens (tertiary/aromatic N) is 2. The smallest absolute Gasteiger partial charge is 0.314 e. The maximum atomic E-state index is 12.4. The van der Waals surface area contributed by atoms with Crippen molar-refractivity contribution in [3.8, 4) is 11.6 Å². The van der Waals surface area contributed by atoms with Crippen molar-refractivity contribution in [2.45, 2.75) is 31.3 Å². The lowest BCUT2D eigenvalue weighted by Crippen LogP contribution is -2.36. The summed E-state index contributed by atoms with van der Waals surface area (Å²) in [5.41, 5.74) is 3.90. The van der Waals surface area contributed by atoms with Crippen molar-refractivity contribution in [3.05, 3.63) is 78.2 Å². The third-order valence-electron chi connectivity index (χ3n) is 5.64. The number of thiazole rings is 1. The molecule has 2 aliphatic rings. The Balaban J connectivity index is 1.71. The van der Waals surface area contributed by atoms with Gasteiger partial charge in [0.25, 0.3) is 0 Å². The minimum atomic E-state index is -0.204. The van der Waals surface area contributed by atoms with Gasteiger partial charge >= 0.3 is 4.87 Å². The second-order valence-electron chi connectivity index (χ2n) is 7.42. The monoisotopic (exact) mass is 432 g/mol. The number of fused-ring (bicyclic) bond motifs is 1. The molecular formula is C21H18Cl2N2O2S. The van der Waals surface area contributed by atoms with Gasteiger partial charge in [0.1, 0.15) is 0 Å². The molecule has 1 atom stereocenters. The molecule has 4 nitrogen and oxygen atoms in total. The number of hydrogen-bond acceptors (Lipinski definition) is 4. The van der Waals surface area contributed by atoms with E-state index in [0.717, 1.165) is 41.1 Å². The predicted octanol–water partition coefficient (Wildman–Crippen LogP) is 5.02. The highest BCUT2D eigenvalue weighted by molar-refractivity contribution is 7.07. The second-order valence-corrected chi connectivity index (χ2v) is 9.09. The molecule has 1 unspecified atom stereocenters. The molecule has 0 spiro atoms. The minimum absolute atomic E-state index is 0.0166. The molecule has 1 N–H and O–H groups in total. The number of aromatic hydroxyl groups is 1. The summed E-state index contributed by atoms with van der Waals surface area (Å²) in [4.78, 5) is 14.6. The van der Waals surface area contributed by atoms with E-state index in [-0.39, 0.29) is 16.7 Å². The molecule has 1 fully saturated rings. The number of rotatable bonds is 3. The first kappa shape index (κ1) is 18.3. The van der Waals surface area contributed by atoms with Crippen LogP contribution >= 0.6 is 34.5 Å². The fourth-order valence-corrected chi connectivity index (χ4v) is 5.37. The summed E-state index contributed by atoms with van der Waals surface area (Å²) in [6, 6.07) is 12.1. The third kappa shape index (κ3) is 3.07. The van der Waals surface area contributed by atoms with Gasteiger partial charge in [-0.25, -0.2) is 4.57 Å². The van der Waals surface area contributed by atoms with E-state index < -0.39 is 0 Å². The molecule has 2 heterocycles. The van der Waals surface area contributed by atoms with Gasteiger partial charge in [-0.2, -0.15) is 0 Å². The number of halogens is 2. The van der Waals surface area contributed by atoms with Crippen LogP contribution in [-0.4, -0.2) is 27.2 Å². The molecular weight excluding hydrogens is 415 g/mol. The highest BCUT2D eigenvalue weighted by atomic mass is 35.5. The molecule has 0 radical (unpaired) electrons. The summed E-state index contributed by atoms with van der Waals surface area (Å²) in [5, 5.41) is 13.0. The average Bonchev–Trinajstić information content (AvgIpc) is 3.47. The Morgan fingerprint density at radius 3 is 2.61 bits per heavy atom. The van der Waals surface area contributed by atoms with Gasteiger partial charge < -0.3 is 5.11 Å². The average molecular weight is 433 g/mol. The highest BCUT2D eigenvalue weighted by Gasteiger charge is 2.37. The fraction of sp³-hybridized carbons (Fsp3) is 0.286. The maximum absolute atomic E-state index is 12.4. The van der Waals surface area contributed by atoms with E-state index in [1.54, 1.807) is 6.07 Å². The van der Waals surface area contributed by atoms with Gasteiger partial charge in [0.05, 0.1) is 11.1 Å². The summed E-state index contributed by atoms with van der Waals surface area (Å²) in [7, 11) is 0. The number of para-hydroxylation sites is 1. The van der Waals surface area contributed by atoms with Crippen LogP contribution in [0.1, 0.15) is 35.4 Å². The zero-order valence-electron chi connectivity index (χ0n) is 14.9. The van der Waals surface area contributed by atoms with E-state index in [4.69, 9.17) is 23.2 Å². The van der Waals surface area contributed by atoms with Crippen molar-refractivity contribution in [2.24, 2.45) is 0 Å². The molecule has 144 valence electrons. The van der Waals surface area contributed by atoms with E-state index in [2.05, 4.69) is 4.90 Å². The fourth-order valence-electron chi connectivity index (χ4n) is 4.19.